The van der Waals surface area contributed by atoms with E-state index in [0.29, 0.717) is 22.6 Å². The van der Waals surface area contributed by atoms with Crippen molar-refractivity contribution in [2.75, 3.05) is 20.8 Å². The third-order valence-electron chi connectivity index (χ3n) is 4.76. The number of ether oxygens (including phenoxy) is 4. The second kappa shape index (κ2) is 10.4. The van der Waals surface area contributed by atoms with Gasteiger partial charge in [-0.25, -0.2) is 4.79 Å². The smallest absolute Gasteiger partial charge is 0.326 e. The maximum absolute atomic E-state index is 12.7. The first-order valence-electron chi connectivity index (χ1n) is 9.95. The number of primary amides is 1. The number of hydrogen-bond acceptors (Lipinski definition) is 8. The van der Waals surface area contributed by atoms with Crippen LogP contribution >= 0.6 is 0 Å². The number of allylic oxidation sites excluding steroid dienone is 1. The van der Waals surface area contributed by atoms with Gasteiger partial charge in [0.15, 0.2) is 23.9 Å². The molecule has 3 rings (SSSR count). The van der Waals surface area contributed by atoms with Gasteiger partial charge < -0.3 is 35.1 Å². The molecule has 1 aliphatic rings. The molecule has 11 nitrogen and oxygen atoms in total. The Morgan fingerprint density at radius 2 is 1.85 bits per heavy atom. The average Bonchev–Trinajstić information content (AvgIpc) is 3.11. The molecule has 4 N–H and O–H groups in total. The predicted octanol–water partition coefficient (Wildman–Crippen LogP) is 1.14. The molecule has 0 unspecified atom stereocenters. The molecule has 2 amide bonds. The lowest BCUT2D eigenvalue weighted by molar-refractivity contribution is -0.143. The number of methoxy groups -OCH3 is 2. The highest BCUT2D eigenvalue weighted by molar-refractivity contribution is 6.14. The molecule has 0 bridgehead atoms. The van der Waals surface area contributed by atoms with Crippen molar-refractivity contribution in [3.63, 3.8) is 0 Å². The first-order valence-corrected chi connectivity index (χ1v) is 9.95. The second-order valence-corrected chi connectivity index (χ2v) is 7.13. The fourth-order valence-corrected chi connectivity index (χ4v) is 3.14. The van der Waals surface area contributed by atoms with Crippen LogP contribution in [0.3, 0.4) is 0 Å². The number of carbonyl (C=O) groups is 4. The minimum atomic E-state index is -1.46. The number of carboxylic acids is 1. The molecule has 34 heavy (non-hydrogen) atoms. The van der Waals surface area contributed by atoms with Crippen molar-refractivity contribution in [1.29, 1.82) is 0 Å². The first kappa shape index (κ1) is 24.1. The highest BCUT2D eigenvalue weighted by Gasteiger charge is 2.28. The number of nitrogens with two attached hydrogens (primary N) is 1. The Hall–Kier alpha value is -4.54. The number of carbonyl (C=O) groups excluding carboxylic acids is 3. The Kier molecular flexibility index (Phi) is 7.36. The van der Waals surface area contributed by atoms with Crippen molar-refractivity contribution in [1.82, 2.24) is 5.32 Å². The zero-order chi connectivity index (χ0) is 24.8. The number of nitrogens with one attached hydrogen (secondary N) is 1. The highest BCUT2D eigenvalue weighted by atomic mass is 16.5. The molecule has 0 aliphatic carbocycles. The molecule has 1 aliphatic heterocycles. The molecule has 2 aromatic rings. The molecule has 11 heteroatoms. The largest absolute Gasteiger partial charge is 0.493 e. The van der Waals surface area contributed by atoms with Crippen LogP contribution in [0.15, 0.2) is 42.2 Å². The summed E-state index contributed by atoms with van der Waals surface area (Å²) in [5.74, 6) is -1.77. The Bertz CT molecular complexity index is 1170. The Morgan fingerprint density at radius 1 is 1.12 bits per heavy atom. The van der Waals surface area contributed by atoms with Crippen LogP contribution in [0, 0.1) is 0 Å². The van der Waals surface area contributed by atoms with Gasteiger partial charge in [-0.05, 0) is 35.9 Å². The lowest BCUT2D eigenvalue weighted by atomic mass is 10.1. The standard InChI is InChI=1S/C23H22N2O9/c1-31-16-6-3-12(7-18(16)32-2)8-19-22(28)14-5-4-13(9-17(14)34-19)33-11-21(27)25-15(23(29)30)10-20(24)26/h3-9,15H,10-11H2,1-2H3,(H2,24,26)(H,25,27)(H,29,30)/t15-/m0/s1. The van der Waals surface area contributed by atoms with Crippen molar-refractivity contribution in [3.05, 3.63) is 53.3 Å². The van der Waals surface area contributed by atoms with E-state index in [2.05, 4.69) is 5.32 Å². The van der Waals surface area contributed by atoms with Crippen LogP contribution in [0.2, 0.25) is 0 Å². The monoisotopic (exact) mass is 470 g/mol. The van der Waals surface area contributed by atoms with Gasteiger partial charge in [0.25, 0.3) is 5.91 Å². The van der Waals surface area contributed by atoms with Crippen LogP contribution < -0.4 is 30.0 Å². The van der Waals surface area contributed by atoms with Gasteiger partial charge in [-0.15, -0.1) is 0 Å². The second-order valence-electron chi connectivity index (χ2n) is 7.13. The lowest BCUT2D eigenvalue weighted by Gasteiger charge is -2.13. The zero-order valence-electron chi connectivity index (χ0n) is 18.3. The summed E-state index contributed by atoms with van der Waals surface area (Å²) >= 11 is 0. The summed E-state index contributed by atoms with van der Waals surface area (Å²) in [4.78, 5) is 46.7. The van der Waals surface area contributed by atoms with Gasteiger partial charge >= 0.3 is 5.97 Å². The summed E-state index contributed by atoms with van der Waals surface area (Å²) in [6, 6.07) is 8.09. The number of rotatable bonds is 10. The molecule has 178 valence electrons. The lowest BCUT2D eigenvalue weighted by Crippen LogP contribution is -2.45. The van der Waals surface area contributed by atoms with Crippen LogP contribution in [-0.4, -0.2) is 55.5 Å². The minimum absolute atomic E-state index is 0.0906. The average molecular weight is 470 g/mol. The molecule has 0 radical (unpaired) electrons. The fraction of sp³-hybridized carbons (Fsp3) is 0.217. The normalized spacial score (nSPS) is 14.1. The van der Waals surface area contributed by atoms with Gasteiger partial charge in [0.05, 0.1) is 26.2 Å². The highest BCUT2D eigenvalue weighted by Crippen LogP contribution is 2.36. The van der Waals surface area contributed by atoms with E-state index in [0.717, 1.165) is 0 Å². The number of hydrogen-bond donors (Lipinski definition) is 3. The topological polar surface area (TPSA) is 163 Å². The third kappa shape index (κ3) is 5.63. The molecular weight excluding hydrogens is 448 g/mol. The van der Waals surface area contributed by atoms with E-state index in [1.807, 2.05) is 0 Å². The summed E-state index contributed by atoms with van der Waals surface area (Å²) in [6.45, 7) is -0.524. The number of carboxylic acid groups (broad SMARTS) is 1. The molecule has 0 fully saturated rings. The zero-order valence-corrected chi connectivity index (χ0v) is 18.3. The van der Waals surface area contributed by atoms with Gasteiger partial charge in [-0.2, -0.15) is 0 Å². The number of Topliss-reactive ketones (excluding diaryl/α,β-unsaturated/α-hetero) is 1. The summed E-state index contributed by atoms with van der Waals surface area (Å²) in [7, 11) is 3.02. The molecule has 1 atom stereocenters. The summed E-state index contributed by atoms with van der Waals surface area (Å²) in [5, 5.41) is 11.2. The van der Waals surface area contributed by atoms with E-state index < -0.39 is 36.9 Å². The molecule has 1 heterocycles. The minimum Gasteiger partial charge on any atom is -0.493 e. The Morgan fingerprint density at radius 3 is 2.50 bits per heavy atom. The van der Waals surface area contributed by atoms with E-state index in [1.165, 1.54) is 32.4 Å². The van der Waals surface area contributed by atoms with Crippen molar-refractivity contribution in [2.24, 2.45) is 5.73 Å². The first-order chi connectivity index (χ1) is 16.2. The number of amides is 2. The van der Waals surface area contributed by atoms with Gasteiger partial charge in [0, 0.05) is 6.07 Å². The summed E-state index contributed by atoms with van der Waals surface area (Å²) < 4.78 is 21.5. The van der Waals surface area contributed by atoms with Crippen molar-refractivity contribution in [3.8, 4) is 23.0 Å². The molecule has 2 aromatic carbocycles. The molecular formula is C23H22N2O9. The van der Waals surface area contributed by atoms with Crippen LogP contribution in [0.5, 0.6) is 23.0 Å². The van der Waals surface area contributed by atoms with Gasteiger partial charge in [0.2, 0.25) is 11.7 Å². The van der Waals surface area contributed by atoms with Crippen LogP contribution in [0.1, 0.15) is 22.3 Å². The fourth-order valence-electron chi connectivity index (χ4n) is 3.14. The summed E-state index contributed by atoms with van der Waals surface area (Å²) in [6.07, 6.45) is 1.01. The number of ketones is 1. The Balaban J connectivity index is 1.67. The molecule has 0 saturated heterocycles. The summed E-state index contributed by atoms with van der Waals surface area (Å²) in [5.41, 5.74) is 5.95. The number of aliphatic carboxylic acids is 1. The molecule has 0 spiro atoms. The SMILES string of the molecule is COc1ccc(C=C2Oc3cc(OCC(=O)N[C@@H](CC(N)=O)C(=O)O)ccc3C2=O)cc1OC. The van der Waals surface area contributed by atoms with Crippen molar-refractivity contribution < 1.29 is 43.2 Å². The third-order valence-corrected chi connectivity index (χ3v) is 4.76. The van der Waals surface area contributed by atoms with Gasteiger partial charge in [-0.1, -0.05) is 6.07 Å². The van der Waals surface area contributed by atoms with Crippen molar-refractivity contribution >= 4 is 29.6 Å². The van der Waals surface area contributed by atoms with Crippen LogP contribution in [0.4, 0.5) is 0 Å². The maximum Gasteiger partial charge on any atom is 0.326 e. The number of fused-ring (bicyclic) bond motifs is 1. The van der Waals surface area contributed by atoms with Crippen LogP contribution in [-0.2, 0) is 14.4 Å². The van der Waals surface area contributed by atoms with Crippen molar-refractivity contribution in [2.45, 2.75) is 12.5 Å². The van der Waals surface area contributed by atoms with E-state index in [-0.39, 0.29) is 23.0 Å². The van der Waals surface area contributed by atoms with E-state index >= 15 is 0 Å². The Labute approximate surface area is 194 Å². The van der Waals surface area contributed by atoms with Gasteiger partial charge in [-0.3, -0.25) is 14.4 Å². The quantitative estimate of drug-likeness (QED) is 0.432. The maximum atomic E-state index is 12.7. The predicted molar refractivity (Wildman–Crippen MR) is 118 cm³/mol. The van der Waals surface area contributed by atoms with E-state index in [1.54, 1.807) is 24.3 Å². The van der Waals surface area contributed by atoms with Crippen LogP contribution in [0.25, 0.3) is 6.08 Å². The van der Waals surface area contributed by atoms with Gasteiger partial charge in [0.1, 0.15) is 17.5 Å². The molecule has 0 aromatic heterocycles. The number of benzene rings is 2. The van der Waals surface area contributed by atoms with E-state index in [4.69, 9.17) is 29.8 Å². The van der Waals surface area contributed by atoms with E-state index in [9.17, 15) is 19.2 Å². The molecule has 0 saturated carbocycles.